The number of carbonyl (C=O) groups is 1. The predicted octanol–water partition coefficient (Wildman–Crippen LogP) is 4.97. The quantitative estimate of drug-likeness (QED) is 0.166. The summed E-state index contributed by atoms with van der Waals surface area (Å²) in [5.41, 5.74) is 2.55. The minimum Gasteiger partial charge on any atom is -0.463 e. The summed E-state index contributed by atoms with van der Waals surface area (Å²) in [6, 6.07) is 18.5. The molecule has 4 aromatic rings. The lowest BCUT2D eigenvalue weighted by Gasteiger charge is -2.30. The zero-order valence-corrected chi connectivity index (χ0v) is 24.8. The molecule has 1 atom stereocenters. The maximum absolute atomic E-state index is 14.2. The van der Waals surface area contributed by atoms with Crippen LogP contribution in [0.1, 0.15) is 48.9 Å². The minimum absolute atomic E-state index is 0.0788. The number of nitro groups is 1. The van der Waals surface area contributed by atoms with Gasteiger partial charge in [0, 0.05) is 42.0 Å². The SMILES string of the molecule is CCOC(=O)C1=C(c2ccccc2)N=c2s/c(=C/c3cc([N+](=O)[O-])ccc3N3CCCCC3)c(=O)n2[C@H]1c1ccc(F)cc1. The van der Waals surface area contributed by atoms with E-state index in [9.17, 15) is 24.1 Å². The molecule has 2 aliphatic heterocycles. The highest BCUT2D eigenvalue weighted by molar-refractivity contribution is 7.07. The number of hydrogen-bond donors (Lipinski definition) is 0. The highest BCUT2D eigenvalue weighted by Crippen LogP contribution is 2.35. The lowest BCUT2D eigenvalue weighted by Crippen LogP contribution is -2.40. The zero-order valence-electron chi connectivity index (χ0n) is 23.9. The maximum Gasteiger partial charge on any atom is 0.338 e. The number of rotatable bonds is 7. The van der Waals surface area contributed by atoms with Gasteiger partial charge < -0.3 is 9.64 Å². The molecule has 0 N–H and O–H groups in total. The first-order valence-electron chi connectivity index (χ1n) is 14.4. The number of nitro benzene ring substituents is 1. The molecule has 3 heterocycles. The first kappa shape index (κ1) is 29.2. The molecule has 0 aliphatic carbocycles. The van der Waals surface area contributed by atoms with Gasteiger partial charge in [0.25, 0.3) is 11.2 Å². The third-order valence-corrected chi connectivity index (χ3v) is 8.75. The Labute approximate surface area is 256 Å². The standard InChI is InChI=1S/C33H29FN4O5S/c1-2-43-32(40)28-29(21-9-5-3-6-10-21)35-33-37(30(28)22-11-13-24(34)14-12-22)31(39)27(44-33)20-23-19-25(38(41)42)15-16-26(23)36-17-7-4-8-18-36/h3,5-6,9-16,19-20,30H,2,4,7-8,17-18H2,1H3/b27-20+/t30-/m0/s1. The number of benzene rings is 3. The number of nitrogens with zero attached hydrogens (tertiary/aromatic N) is 4. The van der Waals surface area contributed by atoms with Gasteiger partial charge >= 0.3 is 5.97 Å². The van der Waals surface area contributed by atoms with Crippen molar-refractivity contribution in [3.8, 4) is 0 Å². The van der Waals surface area contributed by atoms with Crippen LogP contribution >= 0.6 is 11.3 Å². The van der Waals surface area contributed by atoms with E-state index in [4.69, 9.17) is 9.73 Å². The van der Waals surface area contributed by atoms with Crippen LogP contribution in [-0.4, -0.2) is 35.2 Å². The fraction of sp³-hybridized carbons (Fsp3) is 0.242. The minimum atomic E-state index is -0.949. The van der Waals surface area contributed by atoms with E-state index < -0.39 is 28.3 Å². The molecule has 3 aromatic carbocycles. The molecule has 0 amide bonds. The number of esters is 1. The number of ether oxygens (including phenoxy) is 1. The van der Waals surface area contributed by atoms with Crippen LogP contribution in [0.25, 0.3) is 11.8 Å². The number of halogens is 1. The van der Waals surface area contributed by atoms with Gasteiger partial charge in [-0.05, 0) is 56.0 Å². The molecule has 1 fully saturated rings. The van der Waals surface area contributed by atoms with Crippen molar-refractivity contribution < 1.29 is 18.8 Å². The average Bonchev–Trinajstić information content (AvgIpc) is 3.35. The summed E-state index contributed by atoms with van der Waals surface area (Å²) < 4.78 is 21.2. The van der Waals surface area contributed by atoms with Gasteiger partial charge in [-0.2, -0.15) is 0 Å². The fourth-order valence-electron chi connectivity index (χ4n) is 5.74. The highest BCUT2D eigenvalue weighted by atomic mass is 32.1. The monoisotopic (exact) mass is 612 g/mol. The second-order valence-electron chi connectivity index (χ2n) is 10.5. The van der Waals surface area contributed by atoms with Crippen LogP contribution in [0.3, 0.4) is 0 Å². The van der Waals surface area contributed by atoms with E-state index in [0.29, 0.717) is 31.7 Å². The summed E-state index contributed by atoms with van der Waals surface area (Å²) in [6.45, 7) is 3.43. The Balaban J connectivity index is 1.62. The summed E-state index contributed by atoms with van der Waals surface area (Å²) in [5, 5.41) is 11.7. The lowest BCUT2D eigenvalue weighted by atomic mass is 9.93. The van der Waals surface area contributed by atoms with Crippen molar-refractivity contribution in [2.24, 2.45) is 4.99 Å². The number of anilines is 1. The molecule has 224 valence electrons. The molecular weight excluding hydrogens is 583 g/mol. The second-order valence-corrected chi connectivity index (χ2v) is 11.5. The van der Waals surface area contributed by atoms with E-state index in [1.165, 1.54) is 28.8 Å². The molecule has 9 nitrogen and oxygen atoms in total. The molecule has 2 aliphatic rings. The van der Waals surface area contributed by atoms with Crippen molar-refractivity contribution in [3.05, 3.63) is 131 Å². The van der Waals surface area contributed by atoms with Crippen molar-refractivity contribution >= 4 is 40.5 Å². The van der Waals surface area contributed by atoms with E-state index in [2.05, 4.69) is 4.90 Å². The highest BCUT2D eigenvalue weighted by Gasteiger charge is 2.35. The van der Waals surface area contributed by atoms with Gasteiger partial charge in [0.2, 0.25) is 0 Å². The average molecular weight is 613 g/mol. The summed E-state index contributed by atoms with van der Waals surface area (Å²) in [6.07, 6.45) is 4.80. The molecule has 11 heteroatoms. The number of non-ortho nitro benzene ring substituents is 1. The van der Waals surface area contributed by atoms with Crippen LogP contribution < -0.4 is 19.8 Å². The smallest absolute Gasteiger partial charge is 0.338 e. The van der Waals surface area contributed by atoms with Crippen LogP contribution in [0.15, 0.2) is 88.2 Å². The Hall–Kier alpha value is -4.90. The van der Waals surface area contributed by atoms with Crippen LogP contribution in [0.5, 0.6) is 0 Å². The van der Waals surface area contributed by atoms with Crippen LogP contribution in [0, 0.1) is 15.9 Å². The van der Waals surface area contributed by atoms with Gasteiger partial charge in [-0.3, -0.25) is 19.5 Å². The summed E-state index contributed by atoms with van der Waals surface area (Å²) >= 11 is 1.13. The first-order chi connectivity index (χ1) is 21.4. The number of piperidine rings is 1. The van der Waals surface area contributed by atoms with Gasteiger partial charge in [0.1, 0.15) is 5.82 Å². The second kappa shape index (κ2) is 12.4. The van der Waals surface area contributed by atoms with Gasteiger partial charge in [0.05, 0.1) is 33.4 Å². The topological polar surface area (TPSA) is 107 Å². The molecule has 1 aromatic heterocycles. The van der Waals surface area contributed by atoms with E-state index in [-0.39, 0.29) is 17.9 Å². The van der Waals surface area contributed by atoms with Crippen molar-refractivity contribution in [2.75, 3.05) is 24.6 Å². The fourth-order valence-corrected chi connectivity index (χ4v) is 6.73. The molecule has 0 saturated carbocycles. The Kier molecular flexibility index (Phi) is 8.21. The number of thiazole rings is 1. The van der Waals surface area contributed by atoms with Crippen LogP contribution in [0.4, 0.5) is 15.8 Å². The maximum atomic E-state index is 14.2. The van der Waals surface area contributed by atoms with Crippen molar-refractivity contribution in [1.82, 2.24) is 4.57 Å². The third kappa shape index (κ3) is 5.58. The zero-order chi connectivity index (χ0) is 30.8. The van der Waals surface area contributed by atoms with Crippen LogP contribution in [-0.2, 0) is 9.53 Å². The largest absolute Gasteiger partial charge is 0.463 e. The van der Waals surface area contributed by atoms with Gasteiger partial charge in [-0.1, -0.05) is 53.8 Å². The predicted molar refractivity (Wildman–Crippen MR) is 167 cm³/mol. The van der Waals surface area contributed by atoms with E-state index in [1.807, 2.05) is 30.3 Å². The lowest BCUT2D eigenvalue weighted by molar-refractivity contribution is -0.384. The number of aromatic nitrogens is 1. The Morgan fingerprint density at radius 3 is 2.50 bits per heavy atom. The molecule has 6 rings (SSSR count). The third-order valence-electron chi connectivity index (χ3n) is 7.76. The normalized spacial score (nSPS) is 16.8. The Morgan fingerprint density at radius 1 is 1.09 bits per heavy atom. The number of fused-ring (bicyclic) bond motifs is 1. The molecule has 0 bridgehead atoms. The molecule has 0 spiro atoms. The molecule has 1 saturated heterocycles. The van der Waals surface area contributed by atoms with E-state index in [0.717, 1.165) is 49.4 Å². The van der Waals surface area contributed by atoms with Crippen molar-refractivity contribution in [3.63, 3.8) is 0 Å². The van der Waals surface area contributed by atoms with E-state index in [1.54, 1.807) is 31.2 Å². The molecule has 44 heavy (non-hydrogen) atoms. The van der Waals surface area contributed by atoms with Gasteiger partial charge in [-0.25, -0.2) is 14.2 Å². The van der Waals surface area contributed by atoms with Gasteiger partial charge in [-0.15, -0.1) is 0 Å². The molecule has 0 radical (unpaired) electrons. The number of hydrogen-bond acceptors (Lipinski definition) is 8. The summed E-state index contributed by atoms with van der Waals surface area (Å²) in [4.78, 5) is 46.4. The van der Waals surface area contributed by atoms with E-state index >= 15 is 0 Å². The molecular formula is C33H29FN4O5S. The Bertz CT molecular complexity index is 1940. The van der Waals surface area contributed by atoms with Gasteiger partial charge in [0.15, 0.2) is 4.80 Å². The number of carbonyl (C=O) groups excluding carboxylic acids is 1. The van der Waals surface area contributed by atoms with Crippen LogP contribution in [0.2, 0.25) is 0 Å². The molecule has 0 unspecified atom stereocenters. The summed E-state index contributed by atoms with van der Waals surface area (Å²) in [7, 11) is 0. The summed E-state index contributed by atoms with van der Waals surface area (Å²) in [5.74, 6) is -1.09. The Morgan fingerprint density at radius 2 is 1.82 bits per heavy atom. The first-order valence-corrected chi connectivity index (χ1v) is 15.2. The van der Waals surface area contributed by atoms with Crippen molar-refractivity contribution in [2.45, 2.75) is 32.2 Å². The van der Waals surface area contributed by atoms with Crippen molar-refractivity contribution in [1.29, 1.82) is 0 Å².